The molecule has 0 bridgehead atoms. The average Bonchev–Trinajstić information content (AvgIpc) is 3.00. The lowest BCUT2D eigenvalue weighted by Crippen LogP contribution is -2.37. The van der Waals surface area contributed by atoms with Crippen LogP contribution < -0.4 is 10.7 Å². The molecular formula is C21H20ClN5O2. The predicted molar refractivity (Wildman–Crippen MR) is 112 cm³/mol. The summed E-state index contributed by atoms with van der Waals surface area (Å²) in [4.78, 5) is 27.7. The zero-order chi connectivity index (χ0) is 20.8. The van der Waals surface area contributed by atoms with E-state index in [0.717, 1.165) is 28.2 Å². The molecular weight excluding hydrogens is 390 g/mol. The molecule has 0 fully saturated rings. The van der Waals surface area contributed by atoms with E-state index in [1.54, 1.807) is 24.5 Å². The highest BCUT2D eigenvalue weighted by Crippen LogP contribution is 2.25. The highest BCUT2D eigenvalue weighted by molar-refractivity contribution is 6.35. The van der Waals surface area contributed by atoms with E-state index in [-0.39, 0.29) is 6.54 Å². The van der Waals surface area contributed by atoms with Crippen LogP contribution in [0, 0.1) is 13.8 Å². The van der Waals surface area contributed by atoms with Crippen molar-refractivity contribution in [2.75, 3.05) is 0 Å². The molecule has 1 aromatic carbocycles. The van der Waals surface area contributed by atoms with Crippen molar-refractivity contribution in [2.45, 2.75) is 20.4 Å². The zero-order valence-electron chi connectivity index (χ0n) is 16.0. The molecule has 3 rings (SSSR count). The monoisotopic (exact) mass is 409 g/mol. The van der Waals surface area contributed by atoms with Gasteiger partial charge in [-0.2, -0.15) is 5.10 Å². The fourth-order valence-electron chi connectivity index (χ4n) is 2.90. The number of hydrogen-bond donors (Lipinski definition) is 2. The van der Waals surface area contributed by atoms with E-state index >= 15 is 0 Å². The van der Waals surface area contributed by atoms with Gasteiger partial charge in [0, 0.05) is 35.9 Å². The Bertz CT molecular complexity index is 1060. The van der Waals surface area contributed by atoms with Crippen molar-refractivity contribution < 1.29 is 9.59 Å². The number of aromatic nitrogens is 2. The largest absolute Gasteiger partial charge is 0.344 e. The molecule has 0 aliphatic heterocycles. The number of carbonyl (C=O) groups is 2. The van der Waals surface area contributed by atoms with E-state index in [9.17, 15) is 9.59 Å². The maximum absolute atomic E-state index is 11.9. The summed E-state index contributed by atoms with van der Waals surface area (Å²) in [6.07, 6.45) is 4.75. The van der Waals surface area contributed by atoms with Crippen molar-refractivity contribution in [3.63, 3.8) is 0 Å². The standard InChI is InChI=1S/C21H20ClN5O2/c1-14-10-17(15(2)27(14)19-8-4-3-7-18(19)22)13-25-26-21(29)20(28)24-12-16-6-5-9-23-11-16/h3-11,13H,12H2,1-2H3,(H,24,28)(H,26,29)/b25-13+. The normalized spacial score (nSPS) is 10.9. The van der Waals surface area contributed by atoms with Crippen molar-refractivity contribution in [1.82, 2.24) is 20.3 Å². The second kappa shape index (κ2) is 9.16. The summed E-state index contributed by atoms with van der Waals surface area (Å²) in [5.41, 5.74) is 6.59. The number of nitrogens with zero attached hydrogens (tertiary/aromatic N) is 3. The van der Waals surface area contributed by atoms with Crippen LogP contribution in [0.4, 0.5) is 0 Å². The molecule has 29 heavy (non-hydrogen) atoms. The van der Waals surface area contributed by atoms with Crippen molar-refractivity contribution in [3.05, 3.63) is 82.4 Å². The van der Waals surface area contributed by atoms with Crippen LogP contribution in [0.25, 0.3) is 5.69 Å². The predicted octanol–water partition coefficient (Wildman–Crippen LogP) is 2.91. The molecule has 0 spiro atoms. The van der Waals surface area contributed by atoms with Crippen LogP contribution in [-0.4, -0.2) is 27.6 Å². The summed E-state index contributed by atoms with van der Waals surface area (Å²) in [7, 11) is 0. The molecule has 0 saturated carbocycles. The number of nitrogens with one attached hydrogen (secondary N) is 2. The Labute approximate surface area is 173 Å². The first kappa shape index (κ1) is 20.3. The fourth-order valence-corrected chi connectivity index (χ4v) is 3.12. The van der Waals surface area contributed by atoms with Gasteiger partial charge in [0.2, 0.25) is 0 Å². The number of carbonyl (C=O) groups excluding carboxylic acids is 2. The number of hydrogen-bond acceptors (Lipinski definition) is 4. The van der Waals surface area contributed by atoms with Crippen LogP contribution in [0.3, 0.4) is 0 Å². The highest BCUT2D eigenvalue weighted by Gasteiger charge is 2.13. The van der Waals surface area contributed by atoms with E-state index in [1.165, 1.54) is 6.21 Å². The Kier molecular flexibility index (Phi) is 6.41. The lowest BCUT2D eigenvalue weighted by atomic mass is 10.2. The number of benzene rings is 1. The molecule has 0 atom stereocenters. The molecule has 0 aliphatic carbocycles. The lowest BCUT2D eigenvalue weighted by Gasteiger charge is -2.11. The topological polar surface area (TPSA) is 88.4 Å². The molecule has 148 valence electrons. The Morgan fingerprint density at radius 1 is 1.17 bits per heavy atom. The molecule has 0 aliphatic rings. The minimum Gasteiger partial charge on any atom is -0.344 e. The molecule has 8 heteroatoms. The third-order valence-corrected chi connectivity index (χ3v) is 4.64. The fraction of sp³-hybridized carbons (Fsp3) is 0.143. The van der Waals surface area contributed by atoms with E-state index in [2.05, 4.69) is 20.8 Å². The van der Waals surface area contributed by atoms with Crippen molar-refractivity contribution in [2.24, 2.45) is 5.10 Å². The summed E-state index contributed by atoms with van der Waals surface area (Å²) in [6, 6.07) is 13.0. The number of pyridine rings is 1. The number of halogens is 1. The van der Waals surface area contributed by atoms with Crippen LogP contribution in [0.5, 0.6) is 0 Å². The molecule has 2 N–H and O–H groups in total. The summed E-state index contributed by atoms with van der Waals surface area (Å²) >= 11 is 6.31. The first-order valence-corrected chi connectivity index (χ1v) is 9.29. The number of aryl methyl sites for hydroxylation is 1. The van der Waals surface area contributed by atoms with Gasteiger partial charge in [0.05, 0.1) is 16.9 Å². The van der Waals surface area contributed by atoms with Crippen LogP contribution in [0.15, 0.2) is 60.0 Å². The van der Waals surface area contributed by atoms with Gasteiger partial charge in [-0.25, -0.2) is 5.43 Å². The van der Waals surface area contributed by atoms with E-state index in [4.69, 9.17) is 11.6 Å². The average molecular weight is 410 g/mol. The van der Waals surface area contributed by atoms with Gasteiger partial charge in [-0.1, -0.05) is 29.8 Å². The molecule has 2 amide bonds. The Morgan fingerprint density at radius 2 is 1.97 bits per heavy atom. The van der Waals surface area contributed by atoms with Gasteiger partial charge in [-0.15, -0.1) is 0 Å². The second-order valence-corrected chi connectivity index (χ2v) is 6.76. The molecule has 2 heterocycles. The van der Waals surface area contributed by atoms with Crippen molar-refractivity contribution in [3.8, 4) is 5.69 Å². The number of rotatable bonds is 5. The second-order valence-electron chi connectivity index (χ2n) is 6.36. The Hall–Kier alpha value is -3.45. The Balaban J connectivity index is 1.63. The van der Waals surface area contributed by atoms with E-state index in [0.29, 0.717) is 5.02 Å². The summed E-state index contributed by atoms with van der Waals surface area (Å²) in [6.45, 7) is 4.10. The first-order chi connectivity index (χ1) is 14.0. The smallest absolute Gasteiger partial charge is 0.329 e. The molecule has 0 saturated heterocycles. The minimum atomic E-state index is -0.843. The minimum absolute atomic E-state index is 0.211. The molecule has 2 aromatic heterocycles. The number of amides is 2. The number of para-hydroxylation sites is 1. The summed E-state index contributed by atoms with van der Waals surface area (Å²) in [5, 5.41) is 7.06. The third-order valence-electron chi connectivity index (χ3n) is 4.32. The quantitative estimate of drug-likeness (QED) is 0.386. The van der Waals surface area contributed by atoms with Gasteiger partial charge in [0.1, 0.15) is 0 Å². The SMILES string of the molecule is Cc1cc(/C=N/NC(=O)C(=O)NCc2cccnc2)c(C)n1-c1ccccc1Cl. The van der Waals surface area contributed by atoms with Crippen molar-refractivity contribution in [1.29, 1.82) is 0 Å². The highest BCUT2D eigenvalue weighted by atomic mass is 35.5. The summed E-state index contributed by atoms with van der Waals surface area (Å²) < 4.78 is 2.01. The van der Waals surface area contributed by atoms with E-state index < -0.39 is 11.8 Å². The zero-order valence-corrected chi connectivity index (χ0v) is 16.8. The maximum atomic E-state index is 11.9. The maximum Gasteiger partial charge on any atom is 0.329 e. The summed E-state index contributed by atoms with van der Waals surface area (Å²) in [5.74, 6) is -1.61. The van der Waals surface area contributed by atoms with Crippen molar-refractivity contribution >= 4 is 29.6 Å². The van der Waals surface area contributed by atoms with Gasteiger partial charge in [0.15, 0.2) is 0 Å². The number of hydrazone groups is 1. The Morgan fingerprint density at radius 3 is 2.69 bits per heavy atom. The van der Waals surface area contributed by atoms with Crippen LogP contribution in [0.1, 0.15) is 22.5 Å². The van der Waals surface area contributed by atoms with Crippen LogP contribution in [0.2, 0.25) is 5.02 Å². The van der Waals surface area contributed by atoms with Gasteiger partial charge in [-0.05, 0) is 43.7 Å². The molecule has 0 radical (unpaired) electrons. The first-order valence-electron chi connectivity index (χ1n) is 8.91. The lowest BCUT2D eigenvalue weighted by molar-refractivity contribution is -0.139. The molecule has 7 nitrogen and oxygen atoms in total. The van der Waals surface area contributed by atoms with Gasteiger partial charge >= 0.3 is 11.8 Å². The molecule has 0 unspecified atom stereocenters. The van der Waals surface area contributed by atoms with Gasteiger partial charge < -0.3 is 9.88 Å². The third kappa shape index (κ3) is 4.89. The van der Waals surface area contributed by atoms with Gasteiger partial charge in [-0.3, -0.25) is 14.6 Å². The van der Waals surface area contributed by atoms with Crippen LogP contribution in [-0.2, 0) is 16.1 Å². The van der Waals surface area contributed by atoms with E-state index in [1.807, 2.05) is 48.7 Å². The molecule has 3 aromatic rings. The van der Waals surface area contributed by atoms with Crippen LogP contribution >= 0.6 is 11.6 Å². The van der Waals surface area contributed by atoms with Gasteiger partial charge in [0.25, 0.3) is 0 Å².